The molecule has 1 amide bonds. The van der Waals surface area contributed by atoms with Gasteiger partial charge in [-0.3, -0.25) is 4.79 Å². The molecule has 0 saturated heterocycles. The van der Waals surface area contributed by atoms with E-state index in [-0.39, 0.29) is 5.91 Å². The van der Waals surface area contributed by atoms with Crippen LogP contribution in [0, 0.1) is 0 Å². The van der Waals surface area contributed by atoms with E-state index in [9.17, 15) is 4.79 Å². The standard InChI is InChI=1S/C23H20ClNO3/c1-27-21-13-8-17(14-22(21)28-2)20(16-6-4-3-5-7-16)15-23(26)25-19-11-9-18(24)10-12-19/h3-15H,1-2H3,(H,25,26). The first-order chi connectivity index (χ1) is 13.6. The fraction of sp³-hybridized carbons (Fsp3) is 0.0870. The van der Waals surface area contributed by atoms with Gasteiger partial charge in [0.1, 0.15) is 0 Å². The van der Waals surface area contributed by atoms with Crippen LogP contribution in [0.15, 0.2) is 78.9 Å². The molecular formula is C23H20ClNO3. The zero-order valence-electron chi connectivity index (χ0n) is 15.6. The SMILES string of the molecule is COc1ccc(C(=CC(=O)Nc2ccc(Cl)cc2)c2ccccc2)cc1OC. The molecule has 3 aromatic rings. The van der Waals surface area contributed by atoms with Gasteiger partial charge in [-0.15, -0.1) is 0 Å². The Morgan fingerprint density at radius 1 is 0.857 bits per heavy atom. The van der Waals surface area contributed by atoms with Gasteiger partial charge in [0.25, 0.3) is 0 Å². The monoisotopic (exact) mass is 393 g/mol. The summed E-state index contributed by atoms with van der Waals surface area (Å²) in [6, 6.07) is 22.3. The van der Waals surface area contributed by atoms with E-state index < -0.39 is 0 Å². The maximum atomic E-state index is 12.7. The Kier molecular flexibility index (Phi) is 6.35. The Hall–Kier alpha value is -3.24. The van der Waals surface area contributed by atoms with Gasteiger partial charge in [0.2, 0.25) is 5.91 Å². The van der Waals surface area contributed by atoms with E-state index in [1.807, 2.05) is 48.5 Å². The van der Waals surface area contributed by atoms with Crippen molar-refractivity contribution in [1.29, 1.82) is 0 Å². The van der Waals surface area contributed by atoms with Crippen molar-refractivity contribution in [3.63, 3.8) is 0 Å². The molecule has 0 unspecified atom stereocenters. The third kappa shape index (κ3) is 4.72. The highest BCUT2D eigenvalue weighted by atomic mass is 35.5. The molecule has 0 aliphatic heterocycles. The van der Waals surface area contributed by atoms with Crippen LogP contribution < -0.4 is 14.8 Å². The number of benzene rings is 3. The van der Waals surface area contributed by atoms with Gasteiger partial charge in [0, 0.05) is 16.8 Å². The molecule has 0 radical (unpaired) electrons. The summed E-state index contributed by atoms with van der Waals surface area (Å²) in [6.07, 6.45) is 1.57. The first kappa shape index (κ1) is 19.5. The molecule has 3 rings (SSSR count). The molecule has 0 heterocycles. The lowest BCUT2D eigenvalue weighted by Gasteiger charge is -2.13. The van der Waals surface area contributed by atoms with Crippen molar-refractivity contribution < 1.29 is 14.3 Å². The largest absolute Gasteiger partial charge is 0.493 e. The van der Waals surface area contributed by atoms with Gasteiger partial charge in [0.15, 0.2) is 11.5 Å². The van der Waals surface area contributed by atoms with Crippen LogP contribution in [0.2, 0.25) is 5.02 Å². The molecule has 4 nitrogen and oxygen atoms in total. The lowest BCUT2D eigenvalue weighted by molar-refractivity contribution is -0.111. The van der Waals surface area contributed by atoms with Gasteiger partial charge in [-0.25, -0.2) is 0 Å². The predicted octanol–water partition coefficient (Wildman–Crippen LogP) is 5.43. The fourth-order valence-electron chi connectivity index (χ4n) is 2.80. The molecule has 3 aromatic carbocycles. The van der Waals surface area contributed by atoms with Crippen molar-refractivity contribution in [3.05, 3.63) is 95.0 Å². The van der Waals surface area contributed by atoms with E-state index in [0.717, 1.165) is 16.7 Å². The minimum absolute atomic E-state index is 0.240. The Balaban J connectivity index is 1.99. The number of hydrogen-bond acceptors (Lipinski definition) is 3. The minimum Gasteiger partial charge on any atom is -0.493 e. The molecule has 0 atom stereocenters. The van der Waals surface area contributed by atoms with Crippen LogP contribution in [0.25, 0.3) is 5.57 Å². The second-order valence-corrected chi connectivity index (χ2v) is 6.43. The molecule has 0 spiro atoms. The quantitative estimate of drug-likeness (QED) is 0.568. The number of nitrogens with one attached hydrogen (secondary N) is 1. The average molecular weight is 394 g/mol. The molecule has 0 aromatic heterocycles. The van der Waals surface area contributed by atoms with Crippen molar-refractivity contribution in [3.8, 4) is 11.5 Å². The predicted molar refractivity (Wildman–Crippen MR) is 113 cm³/mol. The van der Waals surface area contributed by atoms with Crippen molar-refractivity contribution in [2.75, 3.05) is 19.5 Å². The first-order valence-electron chi connectivity index (χ1n) is 8.67. The number of methoxy groups -OCH3 is 2. The molecular weight excluding hydrogens is 374 g/mol. The summed E-state index contributed by atoms with van der Waals surface area (Å²) in [5.41, 5.74) is 3.20. The minimum atomic E-state index is -0.240. The molecule has 0 aliphatic rings. The van der Waals surface area contributed by atoms with E-state index in [1.54, 1.807) is 44.6 Å². The van der Waals surface area contributed by atoms with Crippen LogP contribution >= 0.6 is 11.6 Å². The smallest absolute Gasteiger partial charge is 0.249 e. The summed E-state index contributed by atoms with van der Waals surface area (Å²) in [5, 5.41) is 3.48. The molecule has 5 heteroatoms. The van der Waals surface area contributed by atoms with Crippen molar-refractivity contribution in [2.45, 2.75) is 0 Å². The van der Waals surface area contributed by atoms with Crippen LogP contribution in [0.3, 0.4) is 0 Å². The third-order valence-electron chi connectivity index (χ3n) is 4.17. The second-order valence-electron chi connectivity index (χ2n) is 5.99. The average Bonchev–Trinajstić information content (AvgIpc) is 2.74. The summed E-state index contributed by atoms with van der Waals surface area (Å²) in [4.78, 5) is 12.7. The van der Waals surface area contributed by atoms with Crippen molar-refractivity contribution in [2.24, 2.45) is 0 Å². The Morgan fingerprint density at radius 3 is 2.18 bits per heavy atom. The number of anilines is 1. The van der Waals surface area contributed by atoms with Crippen LogP contribution in [-0.2, 0) is 4.79 Å². The Labute approximate surface area is 169 Å². The fourth-order valence-corrected chi connectivity index (χ4v) is 2.92. The number of ether oxygens (including phenoxy) is 2. The zero-order valence-corrected chi connectivity index (χ0v) is 16.4. The van der Waals surface area contributed by atoms with E-state index >= 15 is 0 Å². The number of halogens is 1. The molecule has 0 bridgehead atoms. The topological polar surface area (TPSA) is 47.6 Å². The Bertz CT molecular complexity index is 982. The highest BCUT2D eigenvalue weighted by molar-refractivity contribution is 6.30. The Morgan fingerprint density at radius 2 is 1.54 bits per heavy atom. The molecule has 1 N–H and O–H groups in total. The summed E-state index contributed by atoms with van der Waals surface area (Å²) in [7, 11) is 3.17. The van der Waals surface area contributed by atoms with Crippen molar-refractivity contribution >= 4 is 28.8 Å². The van der Waals surface area contributed by atoms with E-state index in [0.29, 0.717) is 22.2 Å². The highest BCUT2D eigenvalue weighted by Gasteiger charge is 2.12. The van der Waals surface area contributed by atoms with Crippen LogP contribution in [0.4, 0.5) is 5.69 Å². The van der Waals surface area contributed by atoms with Gasteiger partial charge in [-0.05, 0) is 53.1 Å². The van der Waals surface area contributed by atoms with Gasteiger partial charge in [0.05, 0.1) is 14.2 Å². The zero-order chi connectivity index (χ0) is 19.9. The number of rotatable bonds is 6. The molecule has 142 valence electrons. The van der Waals surface area contributed by atoms with Crippen LogP contribution in [0.5, 0.6) is 11.5 Å². The number of carbonyl (C=O) groups is 1. The van der Waals surface area contributed by atoms with Gasteiger partial charge in [-0.1, -0.05) is 48.0 Å². The van der Waals surface area contributed by atoms with Gasteiger partial charge >= 0.3 is 0 Å². The summed E-state index contributed by atoms with van der Waals surface area (Å²) >= 11 is 5.90. The highest BCUT2D eigenvalue weighted by Crippen LogP contribution is 2.33. The maximum absolute atomic E-state index is 12.7. The molecule has 0 saturated carbocycles. The first-order valence-corrected chi connectivity index (χ1v) is 9.04. The van der Waals surface area contributed by atoms with Crippen LogP contribution in [0.1, 0.15) is 11.1 Å². The van der Waals surface area contributed by atoms with E-state index in [4.69, 9.17) is 21.1 Å². The van der Waals surface area contributed by atoms with Gasteiger partial charge < -0.3 is 14.8 Å². The normalized spacial score (nSPS) is 11.0. The summed E-state index contributed by atoms with van der Waals surface area (Å²) < 4.78 is 10.7. The molecule has 0 aliphatic carbocycles. The van der Waals surface area contributed by atoms with Gasteiger partial charge in [-0.2, -0.15) is 0 Å². The maximum Gasteiger partial charge on any atom is 0.249 e. The lowest BCUT2D eigenvalue weighted by Crippen LogP contribution is -2.09. The lowest BCUT2D eigenvalue weighted by atomic mass is 9.97. The summed E-state index contributed by atoms with van der Waals surface area (Å²) in [5.74, 6) is 0.986. The number of carbonyl (C=O) groups excluding carboxylic acids is 1. The van der Waals surface area contributed by atoms with Crippen molar-refractivity contribution in [1.82, 2.24) is 0 Å². The molecule has 0 fully saturated rings. The summed E-state index contributed by atoms with van der Waals surface area (Å²) in [6.45, 7) is 0. The van der Waals surface area contributed by atoms with Crippen LogP contribution in [-0.4, -0.2) is 20.1 Å². The molecule has 28 heavy (non-hydrogen) atoms. The third-order valence-corrected chi connectivity index (χ3v) is 4.42. The second kappa shape index (κ2) is 9.11. The number of hydrogen-bond donors (Lipinski definition) is 1. The van der Waals surface area contributed by atoms with E-state index in [1.165, 1.54) is 0 Å². The number of amides is 1. The van der Waals surface area contributed by atoms with E-state index in [2.05, 4.69) is 5.32 Å².